The van der Waals surface area contributed by atoms with Gasteiger partial charge in [-0.1, -0.05) is 83.4 Å². The van der Waals surface area contributed by atoms with Gasteiger partial charge in [-0.05, 0) is 18.6 Å². The zero-order valence-electron chi connectivity index (χ0n) is 17.2. The molecule has 0 atom stereocenters. The third kappa shape index (κ3) is 23.6. The van der Waals surface area contributed by atoms with E-state index in [0.717, 1.165) is 12.8 Å². The molecule has 28 heavy (non-hydrogen) atoms. The van der Waals surface area contributed by atoms with Gasteiger partial charge in [0.15, 0.2) is 0 Å². The van der Waals surface area contributed by atoms with E-state index in [4.69, 9.17) is 15.3 Å². The van der Waals surface area contributed by atoms with E-state index in [0.29, 0.717) is 12.0 Å². The van der Waals surface area contributed by atoms with Crippen molar-refractivity contribution in [1.29, 1.82) is 0 Å². The molecule has 0 spiro atoms. The molecule has 6 nitrogen and oxygen atoms in total. The lowest BCUT2D eigenvalue weighted by atomic mass is 10.1. The maximum Gasteiger partial charge on any atom is 0.335 e. The molecule has 0 radical (unpaired) electrons. The zero-order valence-corrected chi connectivity index (χ0v) is 17.2. The number of aliphatic carboxylic acids is 2. The van der Waals surface area contributed by atoms with Crippen molar-refractivity contribution < 1.29 is 29.7 Å². The lowest BCUT2D eigenvalue weighted by Crippen LogP contribution is -1.93. The average Bonchev–Trinajstić information content (AvgIpc) is 2.68. The SMILES string of the molecule is CCC(=O)O.CCCCCCCCCCCC(=O)O.O=C(O)c1ccccc1. The van der Waals surface area contributed by atoms with E-state index in [1.165, 1.54) is 44.9 Å². The number of carboxylic acids is 3. The van der Waals surface area contributed by atoms with Crippen LogP contribution in [-0.4, -0.2) is 33.2 Å². The highest BCUT2D eigenvalue weighted by Gasteiger charge is 1.97. The van der Waals surface area contributed by atoms with Crippen molar-refractivity contribution in [2.75, 3.05) is 0 Å². The lowest BCUT2D eigenvalue weighted by molar-refractivity contribution is -0.137. The molecule has 0 heterocycles. The largest absolute Gasteiger partial charge is 0.481 e. The van der Waals surface area contributed by atoms with Crippen LogP contribution in [0, 0.1) is 0 Å². The number of hydrogen-bond acceptors (Lipinski definition) is 3. The van der Waals surface area contributed by atoms with Crippen molar-refractivity contribution in [3.05, 3.63) is 35.9 Å². The molecule has 0 aliphatic carbocycles. The fourth-order valence-corrected chi connectivity index (χ4v) is 2.17. The third-order valence-electron chi connectivity index (χ3n) is 3.82. The standard InChI is InChI=1S/C12H24O2.C7H6O2.C3H6O2/c1-2-3-4-5-6-7-8-9-10-11-12(13)14;8-7(9)6-4-2-1-3-5-6;1-2-3(4)5/h2-11H2,1H3,(H,13,14);1-5H,(H,8,9);2H2,1H3,(H,4,5). The molecular weight excluding hydrogens is 360 g/mol. The molecule has 0 saturated carbocycles. The Bertz CT molecular complexity index is 513. The van der Waals surface area contributed by atoms with E-state index >= 15 is 0 Å². The minimum Gasteiger partial charge on any atom is -0.481 e. The molecular formula is C22H36O6. The van der Waals surface area contributed by atoms with Gasteiger partial charge in [-0.2, -0.15) is 0 Å². The predicted octanol–water partition coefficient (Wildman–Crippen LogP) is 5.86. The van der Waals surface area contributed by atoms with Crippen molar-refractivity contribution in [2.45, 2.75) is 84.5 Å². The number of rotatable bonds is 12. The number of aromatic carboxylic acids is 1. The monoisotopic (exact) mass is 396 g/mol. The van der Waals surface area contributed by atoms with Gasteiger partial charge in [0.2, 0.25) is 0 Å². The van der Waals surface area contributed by atoms with Crippen molar-refractivity contribution in [3.63, 3.8) is 0 Å². The van der Waals surface area contributed by atoms with Crippen molar-refractivity contribution in [3.8, 4) is 0 Å². The van der Waals surface area contributed by atoms with E-state index in [-0.39, 0.29) is 6.42 Å². The normalized spacial score (nSPS) is 9.36. The van der Waals surface area contributed by atoms with Gasteiger partial charge in [-0.15, -0.1) is 0 Å². The highest BCUT2D eigenvalue weighted by Crippen LogP contribution is 2.10. The van der Waals surface area contributed by atoms with E-state index in [2.05, 4.69) is 6.92 Å². The maximum atomic E-state index is 10.2. The second kappa shape index (κ2) is 20.9. The first-order valence-corrected chi connectivity index (χ1v) is 10.1. The van der Waals surface area contributed by atoms with Gasteiger partial charge in [0.1, 0.15) is 0 Å². The number of benzene rings is 1. The Labute approximate surface area is 168 Å². The molecule has 1 rings (SSSR count). The van der Waals surface area contributed by atoms with Crippen LogP contribution < -0.4 is 0 Å². The van der Waals surface area contributed by atoms with Gasteiger partial charge < -0.3 is 15.3 Å². The maximum absolute atomic E-state index is 10.2. The Hall–Kier alpha value is -2.37. The Morgan fingerprint density at radius 3 is 1.43 bits per heavy atom. The average molecular weight is 397 g/mol. The molecule has 1 aromatic carbocycles. The van der Waals surface area contributed by atoms with E-state index in [1.807, 2.05) is 0 Å². The van der Waals surface area contributed by atoms with Gasteiger partial charge in [-0.3, -0.25) is 9.59 Å². The molecule has 160 valence electrons. The Morgan fingerprint density at radius 2 is 1.11 bits per heavy atom. The molecule has 0 aliphatic heterocycles. The van der Waals surface area contributed by atoms with E-state index < -0.39 is 17.9 Å². The summed E-state index contributed by atoms with van der Waals surface area (Å²) < 4.78 is 0. The first kappa shape index (κ1) is 27.8. The van der Waals surface area contributed by atoms with Crippen LogP contribution in [-0.2, 0) is 9.59 Å². The molecule has 0 saturated heterocycles. The second-order valence-corrected chi connectivity index (χ2v) is 6.39. The second-order valence-electron chi connectivity index (χ2n) is 6.39. The number of carboxylic acid groups (broad SMARTS) is 3. The van der Waals surface area contributed by atoms with Gasteiger partial charge in [0.25, 0.3) is 0 Å². The van der Waals surface area contributed by atoms with Crippen LogP contribution in [0.4, 0.5) is 0 Å². The summed E-state index contributed by atoms with van der Waals surface area (Å²) >= 11 is 0. The molecule has 6 heteroatoms. The fraction of sp³-hybridized carbons (Fsp3) is 0.591. The third-order valence-corrected chi connectivity index (χ3v) is 3.82. The summed E-state index contributed by atoms with van der Waals surface area (Å²) in [5.74, 6) is -2.28. The zero-order chi connectivity index (χ0) is 21.6. The van der Waals surface area contributed by atoms with Crippen LogP contribution in [0.3, 0.4) is 0 Å². The highest BCUT2D eigenvalue weighted by molar-refractivity contribution is 5.87. The first-order valence-electron chi connectivity index (χ1n) is 10.1. The van der Waals surface area contributed by atoms with Crippen molar-refractivity contribution >= 4 is 17.9 Å². The minimum atomic E-state index is -0.879. The van der Waals surface area contributed by atoms with Crippen LogP contribution >= 0.6 is 0 Å². The molecule has 1 aromatic rings. The molecule has 0 unspecified atom stereocenters. The first-order chi connectivity index (χ1) is 13.3. The number of hydrogen-bond donors (Lipinski definition) is 3. The quantitative estimate of drug-likeness (QED) is 0.382. The highest BCUT2D eigenvalue weighted by atomic mass is 16.4. The summed E-state index contributed by atoms with van der Waals surface area (Å²) in [5, 5.41) is 24.5. The summed E-state index contributed by atoms with van der Waals surface area (Å²) in [6.07, 6.45) is 11.7. The topological polar surface area (TPSA) is 112 Å². The van der Waals surface area contributed by atoms with Gasteiger partial charge >= 0.3 is 17.9 Å². The summed E-state index contributed by atoms with van der Waals surface area (Å²) in [6, 6.07) is 8.30. The van der Waals surface area contributed by atoms with Gasteiger partial charge in [0, 0.05) is 12.8 Å². The molecule has 0 bridgehead atoms. The van der Waals surface area contributed by atoms with Gasteiger partial charge in [0.05, 0.1) is 5.56 Å². The fourth-order valence-electron chi connectivity index (χ4n) is 2.17. The Kier molecular flexibility index (Phi) is 20.8. The van der Waals surface area contributed by atoms with Crippen LogP contribution in [0.25, 0.3) is 0 Å². The summed E-state index contributed by atoms with van der Waals surface area (Å²) in [6.45, 7) is 3.83. The molecule has 0 fully saturated rings. The summed E-state index contributed by atoms with van der Waals surface area (Å²) in [5.41, 5.74) is 0.331. The summed E-state index contributed by atoms with van der Waals surface area (Å²) in [4.78, 5) is 29.8. The van der Waals surface area contributed by atoms with Gasteiger partial charge in [-0.25, -0.2) is 4.79 Å². The van der Waals surface area contributed by atoms with Crippen molar-refractivity contribution in [2.24, 2.45) is 0 Å². The lowest BCUT2D eigenvalue weighted by Gasteiger charge is -2.00. The minimum absolute atomic E-state index is 0.222. The number of unbranched alkanes of at least 4 members (excludes halogenated alkanes) is 8. The van der Waals surface area contributed by atoms with Crippen LogP contribution in [0.5, 0.6) is 0 Å². The van der Waals surface area contributed by atoms with Crippen LogP contribution in [0.1, 0.15) is 94.8 Å². The number of carbonyl (C=O) groups is 3. The molecule has 0 aromatic heterocycles. The molecule has 0 amide bonds. The van der Waals surface area contributed by atoms with E-state index in [9.17, 15) is 14.4 Å². The van der Waals surface area contributed by atoms with Crippen molar-refractivity contribution in [1.82, 2.24) is 0 Å². The molecule has 3 N–H and O–H groups in total. The van der Waals surface area contributed by atoms with E-state index in [1.54, 1.807) is 37.3 Å². The van der Waals surface area contributed by atoms with Crippen LogP contribution in [0.15, 0.2) is 30.3 Å². The smallest absolute Gasteiger partial charge is 0.335 e. The Morgan fingerprint density at radius 1 is 0.679 bits per heavy atom. The summed E-state index contributed by atoms with van der Waals surface area (Å²) in [7, 11) is 0. The Balaban J connectivity index is 0. The van der Waals surface area contributed by atoms with Crippen LogP contribution in [0.2, 0.25) is 0 Å². The molecule has 0 aliphatic rings. The predicted molar refractivity (Wildman–Crippen MR) is 111 cm³/mol.